The molecule has 1 heterocycles. The fourth-order valence-electron chi connectivity index (χ4n) is 6.87. The topological polar surface area (TPSA) is 103 Å². The molecule has 216 valence electrons. The summed E-state index contributed by atoms with van der Waals surface area (Å²) in [6.45, 7) is 2.23. The highest BCUT2D eigenvalue weighted by molar-refractivity contribution is 7.91. The van der Waals surface area contributed by atoms with Crippen molar-refractivity contribution < 1.29 is 32.2 Å². The number of aromatic nitrogens is 1. The molecular weight excluding hydrogens is 545 g/mol. The van der Waals surface area contributed by atoms with Crippen LogP contribution in [-0.4, -0.2) is 42.6 Å². The summed E-state index contributed by atoms with van der Waals surface area (Å²) in [4.78, 5) is 15.9. The van der Waals surface area contributed by atoms with E-state index in [0.29, 0.717) is 30.2 Å². The summed E-state index contributed by atoms with van der Waals surface area (Å²) in [6, 6.07) is 14.3. The first-order valence-corrected chi connectivity index (χ1v) is 16.1. The van der Waals surface area contributed by atoms with Crippen LogP contribution in [0, 0.1) is 30.5 Å². The molecule has 0 amide bonds. The molecule has 3 aromatic rings. The van der Waals surface area contributed by atoms with E-state index in [4.69, 9.17) is 9.47 Å². The molecule has 2 saturated carbocycles. The van der Waals surface area contributed by atoms with Crippen LogP contribution in [0.15, 0.2) is 48.5 Å². The second kappa shape index (κ2) is 10.7. The van der Waals surface area contributed by atoms with Crippen LogP contribution in [0.25, 0.3) is 11.1 Å². The SMILES string of the molecule is Cc1nc(OC[C@@H]2CCCC[C@H]2S(C)(=O)=O)ccc1-c1ccc(F)c(COc2ccc3c(c2)C[C@H]2[C@H](C(=O)O)[C@@H]32)c1. The van der Waals surface area contributed by atoms with Crippen LogP contribution in [0.3, 0.4) is 0 Å². The van der Waals surface area contributed by atoms with Crippen molar-refractivity contribution in [2.75, 3.05) is 12.9 Å². The molecule has 2 fully saturated rings. The number of aliphatic carboxylic acids is 1. The molecule has 3 aliphatic carbocycles. The summed E-state index contributed by atoms with van der Waals surface area (Å²) < 4.78 is 51.0. The predicted octanol–water partition coefficient (Wildman–Crippen LogP) is 5.73. The highest BCUT2D eigenvalue weighted by Crippen LogP contribution is 2.61. The van der Waals surface area contributed by atoms with Crippen molar-refractivity contribution in [1.82, 2.24) is 4.98 Å². The Bertz CT molecular complexity index is 1610. The largest absolute Gasteiger partial charge is 0.489 e. The van der Waals surface area contributed by atoms with Crippen LogP contribution in [0.4, 0.5) is 4.39 Å². The molecule has 6 rings (SSSR count). The lowest BCUT2D eigenvalue weighted by molar-refractivity contribution is -0.139. The van der Waals surface area contributed by atoms with Gasteiger partial charge in [-0.2, -0.15) is 0 Å². The highest BCUT2D eigenvalue weighted by Gasteiger charge is 2.59. The van der Waals surface area contributed by atoms with Crippen molar-refractivity contribution in [2.24, 2.45) is 17.8 Å². The van der Waals surface area contributed by atoms with Gasteiger partial charge < -0.3 is 14.6 Å². The Labute approximate surface area is 239 Å². The lowest BCUT2D eigenvalue weighted by Crippen LogP contribution is -2.35. The number of rotatable bonds is 9. The Morgan fingerprint density at radius 2 is 1.88 bits per heavy atom. The molecule has 0 bridgehead atoms. The third-order valence-electron chi connectivity index (χ3n) is 9.03. The minimum Gasteiger partial charge on any atom is -0.489 e. The Balaban J connectivity index is 1.11. The molecule has 9 heteroatoms. The molecule has 1 aromatic heterocycles. The zero-order chi connectivity index (χ0) is 28.9. The first-order chi connectivity index (χ1) is 19.6. The number of hydrogen-bond acceptors (Lipinski definition) is 6. The molecule has 1 N–H and O–H groups in total. The van der Waals surface area contributed by atoms with Crippen molar-refractivity contribution in [3.8, 4) is 22.8 Å². The van der Waals surface area contributed by atoms with Crippen LogP contribution in [-0.2, 0) is 27.7 Å². The van der Waals surface area contributed by atoms with Gasteiger partial charge >= 0.3 is 5.97 Å². The number of carboxylic acid groups (broad SMARTS) is 1. The van der Waals surface area contributed by atoms with Gasteiger partial charge in [-0.3, -0.25) is 4.79 Å². The lowest BCUT2D eigenvalue weighted by Gasteiger charge is -2.29. The second-order valence-electron chi connectivity index (χ2n) is 11.7. The molecule has 0 unspecified atom stereocenters. The smallest absolute Gasteiger partial charge is 0.307 e. The van der Waals surface area contributed by atoms with Gasteiger partial charge in [-0.05, 0) is 79.1 Å². The van der Waals surface area contributed by atoms with Gasteiger partial charge in [0.1, 0.15) is 18.2 Å². The van der Waals surface area contributed by atoms with E-state index in [-0.39, 0.29) is 41.3 Å². The Hall–Kier alpha value is -3.46. The van der Waals surface area contributed by atoms with Gasteiger partial charge in [-0.25, -0.2) is 17.8 Å². The average Bonchev–Trinajstić information content (AvgIpc) is 3.53. The first-order valence-electron chi connectivity index (χ1n) is 14.2. The molecule has 3 aliphatic rings. The quantitative estimate of drug-likeness (QED) is 0.346. The molecule has 0 saturated heterocycles. The monoisotopic (exact) mass is 579 g/mol. The van der Waals surface area contributed by atoms with Crippen molar-refractivity contribution >= 4 is 15.8 Å². The zero-order valence-electron chi connectivity index (χ0n) is 23.2. The molecule has 0 radical (unpaired) electrons. The van der Waals surface area contributed by atoms with E-state index >= 15 is 0 Å². The van der Waals surface area contributed by atoms with E-state index in [1.807, 2.05) is 31.2 Å². The van der Waals surface area contributed by atoms with Crippen LogP contribution >= 0.6 is 0 Å². The highest BCUT2D eigenvalue weighted by atomic mass is 32.2. The number of aryl methyl sites for hydroxylation is 1. The van der Waals surface area contributed by atoms with Crippen LogP contribution in [0.1, 0.15) is 54.0 Å². The number of pyridine rings is 1. The molecular formula is C32H34FNO6S. The lowest BCUT2D eigenvalue weighted by atomic mass is 9.89. The molecule has 7 nitrogen and oxygen atoms in total. The zero-order valence-corrected chi connectivity index (χ0v) is 24.0. The summed E-state index contributed by atoms with van der Waals surface area (Å²) in [6.07, 6.45) is 5.48. The number of fused-ring (bicyclic) bond motifs is 3. The number of benzene rings is 2. The Morgan fingerprint density at radius 1 is 1.07 bits per heavy atom. The summed E-state index contributed by atoms with van der Waals surface area (Å²) >= 11 is 0. The van der Waals surface area contributed by atoms with E-state index in [0.717, 1.165) is 53.6 Å². The summed E-state index contributed by atoms with van der Waals surface area (Å²) in [7, 11) is -3.13. The van der Waals surface area contributed by atoms with Crippen LogP contribution in [0.5, 0.6) is 11.6 Å². The second-order valence-corrected chi connectivity index (χ2v) is 14.0. The number of ether oxygens (including phenoxy) is 2. The molecule has 5 atom stereocenters. The first kappa shape index (κ1) is 27.7. The molecule has 2 aromatic carbocycles. The average molecular weight is 580 g/mol. The Morgan fingerprint density at radius 3 is 2.63 bits per heavy atom. The van der Waals surface area contributed by atoms with Crippen LogP contribution < -0.4 is 9.47 Å². The maximum Gasteiger partial charge on any atom is 0.307 e. The molecule has 0 aliphatic heterocycles. The van der Waals surface area contributed by atoms with Gasteiger partial charge in [-0.15, -0.1) is 0 Å². The minimum absolute atomic E-state index is 0.0433. The number of carbonyl (C=O) groups is 1. The van der Waals surface area contributed by atoms with Gasteiger partial charge in [0.05, 0.1) is 17.8 Å². The predicted molar refractivity (Wildman–Crippen MR) is 152 cm³/mol. The number of sulfone groups is 1. The van der Waals surface area contributed by atoms with E-state index in [2.05, 4.69) is 4.98 Å². The van der Waals surface area contributed by atoms with Crippen molar-refractivity contribution in [1.29, 1.82) is 0 Å². The summed E-state index contributed by atoms with van der Waals surface area (Å²) in [5, 5.41) is 8.96. The van der Waals surface area contributed by atoms with E-state index in [1.54, 1.807) is 18.2 Å². The van der Waals surface area contributed by atoms with Gasteiger partial charge in [0.15, 0.2) is 9.84 Å². The van der Waals surface area contributed by atoms with E-state index in [9.17, 15) is 22.7 Å². The third-order valence-corrected chi connectivity index (χ3v) is 10.7. The van der Waals surface area contributed by atoms with Gasteiger partial charge in [0, 0.05) is 41.0 Å². The number of halogens is 1. The molecule has 0 spiro atoms. The van der Waals surface area contributed by atoms with E-state index in [1.165, 1.54) is 12.3 Å². The van der Waals surface area contributed by atoms with Gasteiger partial charge in [0.2, 0.25) is 5.88 Å². The maximum absolute atomic E-state index is 14.7. The van der Waals surface area contributed by atoms with Crippen molar-refractivity contribution in [2.45, 2.75) is 56.8 Å². The minimum atomic E-state index is -3.13. The standard InChI is InChI=1S/C32H34FNO6S/c1-18-24(10-12-29(34-18)40-16-20-5-3-4-6-28(20)41(2,37)38)19-7-11-27(33)22(13-19)17-39-23-8-9-25-21(14-23)15-26-30(25)31(26)32(35)36/h7-14,20,26,28,30-31H,3-6,15-17H2,1-2H3,(H,35,36)/t20-,26+,28+,30-,31-/m0/s1. The fourth-order valence-corrected chi connectivity index (χ4v) is 8.38. The van der Waals surface area contributed by atoms with Crippen molar-refractivity contribution in [3.05, 3.63) is 76.7 Å². The number of carboxylic acids is 1. The third kappa shape index (κ3) is 5.56. The summed E-state index contributed by atoms with van der Waals surface area (Å²) in [5.41, 5.74) is 4.99. The number of hydrogen-bond donors (Lipinski definition) is 1. The van der Waals surface area contributed by atoms with E-state index < -0.39 is 15.8 Å². The summed E-state index contributed by atoms with van der Waals surface area (Å²) in [5.74, 6) is -0.0361. The van der Waals surface area contributed by atoms with Gasteiger partial charge in [-0.1, -0.05) is 25.0 Å². The maximum atomic E-state index is 14.7. The Kier molecular flexibility index (Phi) is 7.26. The van der Waals surface area contributed by atoms with Crippen molar-refractivity contribution in [3.63, 3.8) is 0 Å². The normalized spacial score (nSPS) is 24.8. The van der Waals surface area contributed by atoms with Crippen LogP contribution in [0.2, 0.25) is 0 Å². The van der Waals surface area contributed by atoms with Gasteiger partial charge in [0.25, 0.3) is 0 Å². The fraction of sp³-hybridized carbons (Fsp3) is 0.438. The number of nitrogens with zero attached hydrogens (tertiary/aromatic N) is 1. The molecule has 41 heavy (non-hydrogen) atoms.